The second-order valence-corrected chi connectivity index (χ2v) is 5.07. The van der Waals surface area contributed by atoms with Gasteiger partial charge in [0.15, 0.2) is 0 Å². The molecule has 1 heterocycles. The standard InChI is InChI=1S/C14H19N3O3.ClH/c1-11-10-15-7-8-16(11)14(18)6-5-12-3-2-4-13(9-12)17(19)20;/h2-4,9,11,15H,5-8,10H2,1H3;1H. The summed E-state index contributed by atoms with van der Waals surface area (Å²) < 4.78 is 0. The first kappa shape index (κ1) is 17.4. The number of piperazine rings is 1. The van der Waals surface area contributed by atoms with E-state index in [1.54, 1.807) is 6.07 Å². The van der Waals surface area contributed by atoms with Crippen molar-refractivity contribution in [3.8, 4) is 0 Å². The number of nitro benzene ring substituents is 1. The van der Waals surface area contributed by atoms with Crippen LogP contribution in [-0.2, 0) is 11.2 Å². The molecule has 1 aliphatic rings. The molecule has 1 fully saturated rings. The number of nitro groups is 1. The molecule has 1 amide bonds. The van der Waals surface area contributed by atoms with E-state index in [-0.39, 0.29) is 30.0 Å². The summed E-state index contributed by atoms with van der Waals surface area (Å²) in [5.74, 6) is 0.116. The van der Waals surface area contributed by atoms with Crippen LogP contribution in [-0.4, -0.2) is 41.4 Å². The third-order valence-corrected chi connectivity index (χ3v) is 3.57. The summed E-state index contributed by atoms with van der Waals surface area (Å²) in [5.41, 5.74) is 0.904. The Morgan fingerprint density at radius 2 is 2.29 bits per heavy atom. The average molecular weight is 314 g/mol. The lowest BCUT2D eigenvalue weighted by atomic mass is 10.1. The van der Waals surface area contributed by atoms with Crippen molar-refractivity contribution in [2.45, 2.75) is 25.8 Å². The number of hydrogen-bond acceptors (Lipinski definition) is 4. The Morgan fingerprint density at radius 3 is 2.95 bits per heavy atom. The third-order valence-electron chi connectivity index (χ3n) is 3.57. The highest BCUT2D eigenvalue weighted by atomic mass is 35.5. The predicted octanol–water partition coefficient (Wildman–Crippen LogP) is 1.77. The lowest BCUT2D eigenvalue weighted by Gasteiger charge is -2.34. The van der Waals surface area contributed by atoms with Crippen LogP contribution in [0.5, 0.6) is 0 Å². The zero-order chi connectivity index (χ0) is 14.5. The first-order chi connectivity index (χ1) is 9.58. The molecule has 0 bridgehead atoms. The van der Waals surface area contributed by atoms with Gasteiger partial charge in [-0.1, -0.05) is 12.1 Å². The van der Waals surface area contributed by atoms with Gasteiger partial charge < -0.3 is 10.2 Å². The van der Waals surface area contributed by atoms with Crippen LogP contribution in [0.4, 0.5) is 5.69 Å². The monoisotopic (exact) mass is 313 g/mol. The molecule has 1 unspecified atom stereocenters. The number of nitrogens with one attached hydrogen (secondary N) is 1. The van der Waals surface area contributed by atoms with Crippen molar-refractivity contribution < 1.29 is 9.72 Å². The van der Waals surface area contributed by atoms with E-state index in [9.17, 15) is 14.9 Å². The first-order valence-corrected chi connectivity index (χ1v) is 6.81. The van der Waals surface area contributed by atoms with Crippen molar-refractivity contribution in [1.82, 2.24) is 10.2 Å². The minimum absolute atomic E-state index is 0. The average Bonchev–Trinajstić information content (AvgIpc) is 2.45. The van der Waals surface area contributed by atoms with Crippen LogP contribution in [0.2, 0.25) is 0 Å². The van der Waals surface area contributed by atoms with E-state index in [2.05, 4.69) is 5.32 Å². The highest BCUT2D eigenvalue weighted by molar-refractivity contribution is 5.85. The highest BCUT2D eigenvalue weighted by Crippen LogP contribution is 2.15. The van der Waals surface area contributed by atoms with Gasteiger partial charge in [0.1, 0.15) is 0 Å². The van der Waals surface area contributed by atoms with Crippen LogP contribution in [0, 0.1) is 10.1 Å². The SMILES string of the molecule is CC1CNCCN1C(=O)CCc1cccc([N+](=O)[O-])c1.Cl. The highest BCUT2D eigenvalue weighted by Gasteiger charge is 2.22. The van der Waals surface area contributed by atoms with Crippen LogP contribution in [0.15, 0.2) is 24.3 Å². The van der Waals surface area contributed by atoms with Gasteiger partial charge in [-0.25, -0.2) is 0 Å². The molecule has 1 atom stereocenters. The maximum atomic E-state index is 12.2. The van der Waals surface area contributed by atoms with Crippen molar-refractivity contribution in [1.29, 1.82) is 0 Å². The van der Waals surface area contributed by atoms with Crippen molar-refractivity contribution in [2.24, 2.45) is 0 Å². The lowest BCUT2D eigenvalue weighted by Crippen LogP contribution is -2.52. The number of halogens is 1. The summed E-state index contributed by atoms with van der Waals surface area (Å²) in [6.45, 7) is 4.40. The Labute approximate surface area is 130 Å². The van der Waals surface area contributed by atoms with Gasteiger partial charge in [0.25, 0.3) is 5.69 Å². The van der Waals surface area contributed by atoms with Gasteiger partial charge in [-0.3, -0.25) is 14.9 Å². The summed E-state index contributed by atoms with van der Waals surface area (Å²) >= 11 is 0. The molecule has 1 aromatic carbocycles. The largest absolute Gasteiger partial charge is 0.337 e. The summed E-state index contributed by atoms with van der Waals surface area (Å²) in [6, 6.07) is 6.69. The maximum absolute atomic E-state index is 12.2. The summed E-state index contributed by atoms with van der Waals surface area (Å²) in [6.07, 6.45) is 0.933. The van der Waals surface area contributed by atoms with E-state index >= 15 is 0 Å². The van der Waals surface area contributed by atoms with Crippen molar-refractivity contribution >= 4 is 24.0 Å². The van der Waals surface area contributed by atoms with E-state index < -0.39 is 4.92 Å². The van der Waals surface area contributed by atoms with Gasteiger partial charge in [0, 0.05) is 44.2 Å². The molecule has 1 N–H and O–H groups in total. The molecular formula is C14H20ClN3O3. The molecule has 0 aliphatic carbocycles. The van der Waals surface area contributed by atoms with Crippen LogP contribution in [0.25, 0.3) is 0 Å². The fourth-order valence-electron chi connectivity index (χ4n) is 2.43. The normalized spacial score (nSPS) is 18.0. The van der Waals surface area contributed by atoms with Gasteiger partial charge in [0.2, 0.25) is 5.91 Å². The fourth-order valence-corrected chi connectivity index (χ4v) is 2.43. The van der Waals surface area contributed by atoms with Gasteiger partial charge in [-0.2, -0.15) is 0 Å². The molecule has 1 saturated heterocycles. The van der Waals surface area contributed by atoms with E-state index in [0.717, 1.165) is 25.2 Å². The van der Waals surface area contributed by atoms with E-state index in [1.807, 2.05) is 17.9 Å². The summed E-state index contributed by atoms with van der Waals surface area (Å²) in [4.78, 5) is 24.3. The van der Waals surface area contributed by atoms with Crippen molar-refractivity contribution in [3.63, 3.8) is 0 Å². The molecule has 0 saturated carbocycles. The fraction of sp³-hybridized carbons (Fsp3) is 0.500. The molecule has 1 aliphatic heterocycles. The Morgan fingerprint density at radius 1 is 1.52 bits per heavy atom. The Balaban J connectivity index is 0.00000220. The molecule has 0 aromatic heterocycles. The molecule has 6 nitrogen and oxygen atoms in total. The van der Waals surface area contributed by atoms with Crippen molar-refractivity contribution in [3.05, 3.63) is 39.9 Å². The number of rotatable bonds is 4. The summed E-state index contributed by atoms with van der Waals surface area (Å²) in [5, 5.41) is 13.9. The predicted molar refractivity (Wildman–Crippen MR) is 82.7 cm³/mol. The van der Waals surface area contributed by atoms with E-state index in [4.69, 9.17) is 0 Å². The third kappa shape index (κ3) is 4.68. The Kier molecular flexibility index (Phi) is 6.58. The smallest absolute Gasteiger partial charge is 0.269 e. The molecule has 2 rings (SSSR count). The number of aryl methyl sites for hydroxylation is 1. The molecule has 1 aromatic rings. The Hall–Kier alpha value is -1.66. The molecular weight excluding hydrogens is 294 g/mol. The van der Waals surface area contributed by atoms with Crippen LogP contribution in [0.3, 0.4) is 0 Å². The topological polar surface area (TPSA) is 75.5 Å². The number of non-ortho nitro benzene ring substituents is 1. The molecule has 0 spiro atoms. The van der Waals surface area contributed by atoms with Crippen LogP contribution in [0.1, 0.15) is 18.9 Å². The van der Waals surface area contributed by atoms with Gasteiger partial charge in [-0.15, -0.1) is 12.4 Å². The molecule has 21 heavy (non-hydrogen) atoms. The number of amides is 1. The van der Waals surface area contributed by atoms with E-state index in [1.165, 1.54) is 12.1 Å². The number of hydrogen-bond donors (Lipinski definition) is 1. The van der Waals surface area contributed by atoms with Crippen LogP contribution >= 0.6 is 12.4 Å². The number of carbonyl (C=O) groups excluding carboxylic acids is 1. The zero-order valence-corrected chi connectivity index (χ0v) is 12.8. The number of benzene rings is 1. The van der Waals surface area contributed by atoms with Crippen LogP contribution < -0.4 is 5.32 Å². The van der Waals surface area contributed by atoms with Gasteiger partial charge in [0.05, 0.1) is 4.92 Å². The minimum atomic E-state index is -0.413. The van der Waals surface area contributed by atoms with Crippen molar-refractivity contribution in [2.75, 3.05) is 19.6 Å². The maximum Gasteiger partial charge on any atom is 0.269 e. The summed E-state index contributed by atoms with van der Waals surface area (Å²) in [7, 11) is 0. The molecule has 0 radical (unpaired) electrons. The second-order valence-electron chi connectivity index (χ2n) is 5.07. The first-order valence-electron chi connectivity index (χ1n) is 6.81. The van der Waals surface area contributed by atoms with Gasteiger partial charge >= 0.3 is 0 Å². The molecule has 116 valence electrons. The zero-order valence-electron chi connectivity index (χ0n) is 11.9. The molecule has 7 heteroatoms. The number of nitrogens with zero attached hydrogens (tertiary/aromatic N) is 2. The van der Waals surface area contributed by atoms with Gasteiger partial charge in [-0.05, 0) is 18.9 Å². The number of carbonyl (C=O) groups is 1. The second kappa shape index (κ2) is 7.95. The lowest BCUT2D eigenvalue weighted by molar-refractivity contribution is -0.384. The Bertz CT molecular complexity index is 510. The van der Waals surface area contributed by atoms with E-state index in [0.29, 0.717) is 12.8 Å². The quantitative estimate of drug-likeness (QED) is 0.679. The minimum Gasteiger partial charge on any atom is -0.337 e.